The van der Waals surface area contributed by atoms with Crippen LogP contribution >= 0.6 is 0 Å². The van der Waals surface area contributed by atoms with E-state index in [1.54, 1.807) is 0 Å². The molecule has 136 valence electrons. The Bertz CT molecular complexity index is 807. The Morgan fingerprint density at radius 2 is 1.88 bits per heavy atom. The Morgan fingerprint density at radius 3 is 2.58 bits per heavy atom. The van der Waals surface area contributed by atoms with Crippen molar-refractivity contribution in [1.29, 1.82) is 0 Å². The highest BCUT2D eigenvalue weighted by molar-refractivity contribution is 5.48. The van der Waals surface area contributed by atoms with Crippen LogP contribution in [0.3, 0.4) is 0 Å². The molecule has 4 unspecified atom stereocenters. The van der Waals surface area contributed by atoms with E-state index in [1.807, 2.05) is 6.08 Å². The smallest absolute Gasteiger partial charge is 0.0809 e. The van der Waals surface area contributed by atoms with Gasteiger partial charge in [0.1, 0.15) is 0 Å². The lowest BCUT2D eigenvalue weighted by Gasteiger charge is -2.43. The highest BCUT2D eigenvalue weighted by Gasteiger charge is 2.35. The topological polar surface area (TPSA) is 3.24 Å². The summed E-state index contributed by atoms with van der Waals surface area (Å²) in [5, 5.41) is 0. The molecular weight excluding hydrogens is 314 g/mol. The Kier molecular flexibility index (Phi) is 5.09. The van der Waals surface area contributed by atoms with Crippen LogP contribution in [0.15, 0.2) is 84.6 Å². The van der Waals surface area contributed by atoms with E-state index in [2.05, 4.69) is 107 Å². The summed E-state index contributed by atoms with van der Waals surface area (Å²) < 4.78 is 0. The van der Waals surface area contributed by atoms with E-state index < -0.39 is 0 Å². The van der Waals surface area contributed by atoms with Gasteiger partial charge in [-0.2, -0.15) is 0 Å². The molecular formula is C25H31N. The van der Waals surface area contributed by atoms with Crippen LogP contribution in [0, 0.1) is 11.8 Å². The maximum atomic E-state index is 4.01. The minimum Gasteiger partial charge on any atom is -0.367 e. The molecule has 1 heterocycles. The van der Waals surface area contributed by atoms with Crippen molar-refractivity contribution in [1.82, 2.24) is 4.90 Å². The van der Waals surface area contributed by atoms with E-state index >= 15 is 0 Å². The average Bonchev–Trinajstić information content (AvgIpc) is 2.65. The first kappa shape index (κ1) is 18.5. The second kappa shape index (κ2) is 7.15. The number of hydrogen-bond donors (Lipinski definition) is 0. The van der Waals surface area contributed by atoms with Crippen LogP contribution in [0.1, 0.15) is 44.7 Å². The molecule has 0 spiro atoms. The van der Waals surface area contributed by atoms with Gasteiger partial charge in [-0.1, -0.05) is 74.6 Å². The molecule has 4 atom stereocenters. The molecule has 1 aliphatic heterocycles. The fourth-order valence-electron chi connectivity index (χ4n) is 4.26. The molecule has 0 radical (unpaired) electrons. The van der Waals surface area contributed by atoms with E-state index in [1.165, 1.54) is 22.3 Å². The summed E-state index contributed by atoms with van der Waals surface area (Å²) in [6.45, 7) is 13.1. The lowest BCUT2D eigenvalue weighted by Crippen LogP contribution is -2.40. The summed E-state index contributed by atoms with van der Waals surface area (Å²) in [6.07, 6.45) is 15.8. The third-order valence-electron chi connectivity index (χ3n) is 6.14. The van der Waals surface area contributed by atoms with E-state index in [9.17, 15) is 0 Å². The summed E-state index contributed by atoms with van der Waals surface area (Å²) in [6, 6.07) is 8.77. The molecule has 0 amide bonds. The van der Waals surface area contributed by atoms with Gasteiger partial charge in [0.25, 0.3) is 0 Å². The number of allylic oxidation sites excluding steroid dienone is 7. The van der Waals surface area contributed by atoms with Crippen LogP contribution in [0.25, 0.3) is 0 Å². The summed E-state index contributed by atoms with van der Waals surface area (Å²) in [5.74, 6) is 1.31. The van der Waals surface area contributed by atoms with E-state index in [0.29, 0.717) is 17.8 Å². The van der Waals surface area contributed by atoms with Crippen LogP contribution in [0.2, 0.25) is 0 Å². The highest BCUT2D eigenvalue weighted by atomic mass is 15.2. The molecule has 1 nitrogen and oxygen atoms in total. The van der Waals surface area contributed by atoms with Gasteiger partial charge in [0.05, 0.1) is 5.54 Å². The van der Waals surface area contributed by atoms with Gasteiger partial charge in [-0.3, -0.25) is 0 Å². The van der Waals surface area contributed by atoms with Gasteiger partial charge in [-0.15, -0.1) is 6.58 Å². The van der Waals surface area contributed by atoms with Gasteiger partial charge < -0.3 is 4.90 Å². The lowest BCUT2D eigenvalue weighted by molar-refractivity contribution is 0.252. The Balaban J connectivity index is 2.03. The second-order valence-electron chi connectivity index (χ2n) is 7.94. The van der Waals surface area contributed by atoms with Crippen LogP contribution in [-0.4, -0.2) is 11.9 Å². The van der Waals surface area contributed by atoms with Crippen molar-refractivity contribution in [2.45, 2.75) is 39.2 Å². The first-order chi connectivity index (χ1) is 12.4. The minimum absolute atomic E-state index is 0.154. The van der Waals surface area contributed by atoms with Gasteiger partial charge in [-0.05, 0) is 48.0 Å². The Hall–Kier alpha value is -2.28. The van der Waals surface area contributed by atoms with Crippen molar-refractivity contribution >= 4 is 0 Å². The maximum absolute atomic E-state index is 4.01. The summed E-state index contributed by atoms with van der Waals surface area (Å²) in [7, 11) is 2.20. The number of hydrogen-bond acceptors (Lipinski definition) is 1. The molecule has 3 rings (SSSR count). The van der Waals surface area contributed by atoms with Gasteiger partial charge in [0.15, 0.2) is 0 Å². The first-order valence-electron chi connectivity index (χ1n) is 9.60. The molecule has 0 fully saturated rings. The number of nitrogens with zero attached hydrogens (tertiary/aromatic N) is 1. The molecule has 26 heavy (non-hydrogen) atoms. The zero-order chi connectivity index (χ0) is 18.9. The minimum atomic E-state index is -0.154. The van der Waals surface area contributed by atoms with Crippen LogP contribution in [-0.2, 0) is 5.54 Å². The fourth-order valence-corrected chi connectivity index (χ4v) is 4.26. The molecule has 1 heteroatoms. The molecule has 1 aliphatic carbocycles. The van der Waals surface area contributed by atoms with Gasteiger partial charge >= 0.3 is 0 Å². The van der Waals surface area contributed by atoms with Crippen LogP contribution in [0.5, 0.6) is 0 Å². The molecule has 1 aromatic rings. The normalized spacial score (nSPS) is 29.2. The van der Waals surface area contributed by atoms with Crippen molar-refractivity contribution in [3.8, 4) is 0 Å². The SMILES string of the molecule is C=CC(C)c1ccccc1C1(C)C=C(C)C(C2C=CC=CC2C)=CN1C. The van der Waals surface area contributed by atoms with Gasteiger partial charge in [0.2, 0.25) is 0 Å². The van der Waals surface area contributed by atoms with Crippen molar-refractivity contribution in [3.05, 3.63) is 95.8 Å². The first-order valence-corrected chi connectivity index (χ1v) is 9.60. The number of rotatable bonds is 4. The molecule has 2 aliphatic rings. The zero-order valence-electron chi connectivity index (χ0n) is 16.7. The fraction of sp³-hybridized carbons (Fsp3) is 0.360. The largest absolute Gasteiger partial charge is 0.367 e. The van der Waals surface area contributed by atoms with Crippen LogP contribution < -0.4 is 0 Å². The third-order valence-corrected chi connectivity index (χ3v) is 6.14. The lowest BCUT2D eigenvalue weighted by atomic mass is 9.75. The van der Waals surface area contributed by atoms with Crippen molar-refractivity contribution in [3.63, 3.8) is 0 Å². The highest BCUT2D eigenvalue weighted by Crippen LogP contribution is 2.42. The molecule has 0 N–H and O–H groups in total. The Morgan fingerprint density at radius 1 is 1.19 bits per heavy atom. The maximum Gasteiger partial charge on any atom is 0.0809 e. The standard InChI is InChI=1S/C25H31N/c1-7-18(2)22-14-10-11-15-24(22)25(5)16-20(4)23(17-26(25)6)21-13-9-8-12-19(21)3/h7-19,21H,1H2,2-6H3. The van der Waals surface area contributed by atoms with Gasteiger partial charge in [-0.25, -0.2) is 0 Å². The van der Waals surface area contributed by atoms with E-state index in [-0.39, 0.29) is 5.54 Å². The molecule has 0 saturated carbocycles. The monoisotopic (exact) mass is 345 g/mol. The van der Waals surface area contributed by atoms with Crippen molar-refractivity contribution in [2.75, 3.05) is 7.05 Å². The molecule has 1 aromatic carbocycles. The predicted molar refractivity (Wildman–Crippen MR) is 113 cm³/mol. The molecule has 0 saturated heterocycles. The number of benzene rings is 1. The number of likely N-dealkylation sites (N-methyl/N-ethyl adjacent to an activating group) is 1. The van der Waals surface area contributed by atoms with E-state index in [4.69, 9.17) is 0 Å². The summed E-state index contributed by atoms with van der Waals surface area (Å²) in [5.41, 5.74) is 5.36. The average molecular weight is 346 g/mol. The summed E-state index contributed by atoms with van der Waals surface area (Å²) in [4.78, 5) is 2.38. The Labute approximate surface area is 159 Å². The van der Waals surface area contributed by atoms with Crippen molar-refractivity contribution in [2.24, 2.45) is 11.8 Å². The summed E-state index contributed by atoms with van der Waals surface area (Å²) >= 11 is 0. The van der Waals surface area contributed by atoms with E-state index in [0.717, 1.165) is 0 Å². The molecule has 0 aromatic heterocycles. The molecule has 0 bridgehead atoms. The quantitative estimate of drug-likeness (QED) is 0.575. The zero-order valence-corrected chi connectivity index (χ0v) is 16.7. The second-order valence-corrected chi connectivity index (χ2v) is 7.94. The van der Waals surface area contributed by atoms with Gasteiger partial charge in [0, 0.05) is 19.2 Å². The van der Waals surface area contributed by atoms with Crippen LogP contribution in [0.4, 0.5) is 0 Å². The van der Waals surface area contributed by atoms with Crippen molar-refractivity contribution < 1.29 is 0 Å². The predicted octanol–water partition coefficient (Wildman–Crippen LogP) is 6.35. The third kappa shape index (κ3) is 3.11.